The molecular weight excluding hydrogens is 214 g/mol. The van der Waals surface area contributed by atoms with Gasteiger partial charge in [0.25, 0.3) is 0 Å². The van der Waals surface area contributed by atoms with E-state index in [0.29, 0.717) is 0 Å². The van der Waals surface area contributed by atoms with Crippen LogP contribution in [-0.4, -0.2) is 25.4 Å². The average Bonchev–Trinajstić information content (AvgIpc) is 1.95. The monoisotopic (exact) mass is 234 g/mol. The van der Waals surface area contributed by atoms with E-state index in [1.54, 1.807) is 0 Å². The summed E-state index contributed by atoms with van der Waals surface area (Å²) in [6.45, 7) is 4.45. The van der Waals surface area contributed by atoms with Crippen LogP contribution in [0.2, 0.25) is 0 Å². The fourth-order valence-corrected chi connectivity index (χ4v) is 3.15. The third kappa shape index (κ3) is 2.38. The molecule has 3 fully saturated rings. The molecule has 0 unspecified atom stereocenters. The van der Waals surface area contributed by atoms with E-state index in [9.17, 15) is 8.78 Å². The molecular formula is C12H20F2O2. The van der Waals surface area contributed by atoms with Crippen LogP contribution in [0, 0.1) is 10.8 Å². The number of alkyl halides is 2. The van der Waals surface area contributed by atoms with Crippen LogP contribution in [0.25, 0.3) is 0 Å². The van der Waals surface area contributed by atoms with Crippen LogP contribution in [0.5, 0.6) is 0 Å². The van der Waals surface area contributed by atoms with Crippen molar-refractivity contribution >= 4 is 0 Å². The van der Waals surface area contributed by atoms with E-state index in [1.807, 2.05) is 20.8 Å². The van der Waals surface area contributed by atoms with Gasteiger partial charge in [-0.25, -0.2) is 0 Å². The molecule has 3 aliphatic rings. The first kappa shape index (κ1) is 12.2. The molecule has 0 atom stereocenters. The quantitative estimate of drug-likeness (QED) is 0.727. The zero-order valence-corrected chi connectivity index (χ0v) is 10.2. The Morgan fingerprint density at radius 1 is 1.06 bits per heavy atom. The molecule has 94 valence electrons. The van der Waals surface area contributed by atoms with Gasteiger partial charge in [0.2, 0.25) is 0 Å². The molecule has 0 saturated heterocycles. The van der Waals surface area contributed by atoms with Gasteiger partial charge in [-0.15, -0.1) is 0 Å². The maximum atomic E-state index is 11.9. The van der Waals surface area contributed by atoms with Gasteiger partial charge in [0, 0.05) is 0 Å². The topological polar surface area (TPSA) is 18.5 Å². The number of ether oxygens (including phenoxy) is 2. The molecule has 0 N–H and O–H groups in total. The van der Waals surface area contributed by atoms with Crippen LogP contribution in [0.1, 0.15) is 40.0 Å². The summed E-state index contributed by atoms with van der Waals surface area (Å²) in [5, 5.41) is 0. The molecule has 0 aromatic carbocycles. The van der Waals surface area contributed by atoms with Crippen LogP contribution >= 0.6 is 0 Å². The highest BCUT2D eigenvalue weighted by molar-refractivity contribution is 5.17. The Hall–Kier alpha value is -0.220. The molecule has 2 bridgehead atoms. The van der Waals surface area contributed by atoms with Crippen LogP contribution in [-0.2, 0) is 9.47 Å². The van der Waals surface area contributed by atoms with Gasteiger partial charge in [-0.05, 0) is 50.9 Å². The number of hydrogen-bond acceptors (Lipinski definition) is 2. The normalized spacial score (nSPS) is 37.1. The van der Waals surface area contributed by atoms with Crippen molar-refractivity contribution in [2.45, 2.75) is 52.2 Å². The summed E-state index contributed by atoms with van der Waals surface area (Å²) in [6, 6.07) is 0. The molecule has 0 aromatic rings. The number of halogens is 2. The fourth-order valence-electron chi connectivity index (χ4n) is 3.15. The lowest BCUT2D eigenvalue weighted by atomic mass is 9.35. The summed E-state index contributed by atoms with van der Waals surface area (Å²) in [5.74, 6) is 0. The lowest BCUT2D eigenvalue weighted by Crippen LogP contribution is -2.66. The van der Waals surface area contributed by atoms with Crippen LogP contribution < -0.4 is 0 Å². The zero-order valence-electron chi connectivity index (χ0n) is 10.2. The second-order valence-corrected chi connectivity index (χ2v) is 6.50. The second kappa shape index (κ2) is 3.64. The third-order valence-electron chi connectivity index (χ3n) is 3.58. The molecule has 0 amide bonds. The Bertz CT molecular complexity index is 251. The maximum absolute atomic E-state index is 11.9. The lowest BCUT2D eigenvalue weighted by molar-refractivity contribution is -0.283. The van der Waals surface area contributed by atoms with Gasteiger partial charge in [0.1, 0.15) is 0 Å². The Morgan fingerprint density at radius 2 is 1.56 bits per heavy atom. The Balaban J connectivity index is 1.68. The van der Waals surface area contributed by atoms with Gasteiger partial charge in [0.05, 0.1) is 18.8 Å². The molecule has 0 heterocycles. The molecule has 0 radical (unpaired) electrons. The van der Waals surface area contributed by atoms with E-state index < -0.39 is 6.61 Å². The first-order chi connectivity index (χ1) is 7.24. The Kier molecular flexibility index (Phi) is 2.78. The van der Waals surface area contributed by atoms with Crippen molar-refractivity contribution in [2.75, 3.05) is 13.2 Å². The van der Waals surface area contributed by atoms with E-state index >= 15 is 0 Å². The average molecular weight is 234 g/mol. The third-order valence-corrected chi connectivity index (χ3v) is 3.58. The molecule has 3 rings (SSSR count). The highest BCUT2D eigenvalue weighted by Gasteiger charge is 2.67. The van der Waals surface area contributed by atoms with E-state index in [4.69, 9.17) is 4.74 Å². The highest BCUT2D eigenvalue weighted by Crippen LogP contribution is 2.73. The SMILES string of the molecule is CC(C)(C)OCC12CC(COC(F)F)(C1)C2. The first-order valence-corrected chi connectivity index (χ1v) is 5.78. The Morgan fingerprint density at radius 3 is 2.00 bits per heavy atom. The van der Waals surface area contributed by atoms with Gasteiger partial charge in [-0.1, -0.05) is 0 Å². The standard InChI is InChI=1S/C12H20F2O2/c1-10(2,3)16-8-12-4-11(5-12,6-12)7-15-9(13)14/h9H,4-8H2,1-3H3. The molecule has 0 aromatic heterocycles. The maximum Gasteiger partial charge on any atom is 0.345 e. The molecule has 0 aliphatic heterocycles. The summed E-state index contributed by atoms with van der Waals surface area (Å²) in [7, 11) is 0. The second-order valence-electron chi connectivity index (χ2n) is 6.50. The molecule has 3 saturated carbocycles. The summed E-state index contributed by atoms with van der Waals surface area (Å²) in [6.07, 6.45) is 2.97. The molecule has 2 nitrogen and oxygen atoms in total. The molecule has 3 aliphatic carbocycles. The van der Waals surface area contributed by atoms with E-state index in [2.05, 4.69) is 4.74 Å². The summed E-state index contributed by atoms with van der Waals surface area (Å²) in [4.78, 5) is 0. The van der Waals surface area contributed by atoms with Crippen molar-refractivity contribution in [2.24, 2.45) is 10.8 Å². The largest absolute Gasteiger partial charge is 0.375 e. The van der Waals surface area contributed by atoms with E-state index in [1.165, 1.54) is 0 Å². The van der Waals surface area contributed by atoms with Gasteiger partial charge in [-0.3, -0.25) is 0 Å². The minimum atomic E-state index is -2.63. The van der Waals surface area contributed by atoms with E-state index in [-0.39, 0.29) is 23.0 Å². The summed E-state index contributed by atoms with van der Waals surface area (Å²) in [5.41, 5.74) is 0.221. The van der Waals surface area contributed by atoms with Crippen molar-refractivity contribution in [3.63, 3.8) is 0 Å². The van der Waals surface area contributed by atoms with Gasteiger partial charge >= 0.3 is 6.61 Å². The minimum Gasteiger partial charge on any atom is -0.375 e. The molecule has 0 spiro atoms. The van der Waals surface area contributed by atoms with Crippen LogP contribution in [0.15, 0.2) is 0 Å². The van der Waals surface area contributed by atoms with Gasteiger partial charge in [-0.2, -0.15) is 8.78 Å². The van der Waals surface area contributed by atoms with Crippen molar-refractivity contribution in [1.82, 2.24) is 0 Å². The van der Waals surface area contributed by atoms with Crippen molar-refractivity contribution < 1.29 is 18.3 Å². The highest BCUT2D eigenvalue weighted by atomic mass is 19.3. The predicted molar refractivity (Wildman–Crippen MR) is 56.4 cm³/mol. The minimum absolute atomic E-state index is 0.0532. The van der Waals surface area contributed by atoms with Crippen LogP contribution in [0.3, 0.4) is 0 Å². The smallest absolute Gasteiger partial charge is 0.345 e. The Labute approximate surface area is 95.3 Å². The van der Waals surface area contributed by atoms with Crippen molar-refractivity contribution in [3.05, 3.63) is 0 Å². The van der Waals surface area contributed by atoms with Gasteiger partial charge in [0.15, 0.2) is 0 Å². The molecule has 16 heavy (non-hydrogen) atoms. The summed E-state index contributed by atoms with van der Waals surface area (Å²) < 4.78 is 34.0. The molecule has 4 heteroatoms. The fraction of sp³-hybridized carbons (Fsp3) is 1.00. The lowest BCUT2D eigenvalue weighted by Gasteiger charge is -2.70. The van der Waals surface area contributed by atoms with Gasteiger partial charge < -0.3 is 9.47 Å². The number of hydrogen-bond donors (Lipinski definition) is 0. The summed E-state index contributed by atoms with van der Waals surface area (Å²) >= 11 is 0. The zero-order chi connectivity index (χ0) is 12.0. The van der Waals surface area contributed by atoms with Crippen molar-refractivity contribution in [1.29, 1.82) is 0 Å². The first-order valence-electron chi connectivity index (χ1n) is 5.78. The van der Waals surface area contributed by atoms with Crippen molar-refractivity contribution in [3.8, 4) is 0 Å². The van der Waals surface area contributed by atoms with Crippen LogP contribution in [0.4, 0.5) is 8.78 Å². The number of rotatable bonds is 5. The van der Waals surface area contributed by atoms with E-state index in [0.717, 1.165) is 25.9 Å². The predicted octanol–water partition coefficient (Wildman–Crippen LogP) is 3.21.